The van der Waals surface area contributed by atoms with Gasteiger partial charge in [0, 0.05) is 19.5 Å². The Balaban J connectivity index is 1.85. The number of hydrogen-bond acceptors (Lipinski definition) is 5. The van der Waals surface area contributed by atoms with E-state index < -0.39 is 0 Å². The zero-order valence-electron chi connectivity index (χ0n) is 11.4. The van der Waals surface area contributed by atoms with Crippen LogP contribution in [0.25, 0.3) is 11.6 Å². The molecule has 6 heteroatoms. The Labute approximate surface area is 112 Å². The van der Waals surface area contributed by atoms with Crippen LogP contribution in [-0.4, -0.2) is 33.0 Å². The van der Waals surface area contributed by atoms with Crippen LogP contribution in [0.5, 0.6) is 0 Å². The van der Waals surface area contributed by atoms with Gasteiger partial charge in [0.2, 0.25) is 0 Å². The van der Waals surface area contributed by atoms with E-state index in [-0.39, 0.29) is 0 Å². The van der Waals surface area contributed by atoms with Crippen molar-refractivity contribution < 1.29 is 4.52 Å². The molecule has 1 unspecified atom stereocenters. The third kappa shape index (κ3) is 2.40. The molecule has 1 N–H and O–H groups in total. The van der Waals surface area contributed by atoms with Gasteiger partial charge in [-0.3, -0.25) is 4.68 Å². The zero-order valence-corrected chi connectivity index (χ0v) is 11.4. The molecule has 1 atom stereocenters. The normalized spacial score (nSPS) is 19.8. The Morgan fingerprint density at radius 2 is 2.42 bits per heavy atom. The van der Waals surface area contributed by atoms with Gasteiger partial charge in [-0.25, -0.2) is 0 Å². The number of aryl methyl sites for hydroxylation is 2. The number of aromatic nitrogens is 4. The molecule has 3 rings (SSSR count). The highest BCUT2D eigenvalue weighted by Gasteiger charge is 2.22. The van der Waals surface area contributed by atoms with Crippen LogP contribution < -0.4 is 5.32 Å². The number of rotatable bonds is 3. The molecular formula is C13H19N5O. The first-order chi connectivity index (χ1) is 9.28. The van der Waals surface area contributed by atoms with Gasteiger partial charge in [0.25, 0.3) is 5.89 Å². The van der Waals surface area contributed by atoms with E-state index in [2.05, 4.69) is 27.5 Å². The van der Waals surface area contributed by atoms with Crippen molar-refractivity contribution in [3.05, 3.63) is 17.6 Å². The average molecular weight is 261 g/mol. The maximum atomic E-state index is 5.39. The summed E-state index contributed by atoms with van der Waals surface area (Å²) in [6, 6.07) is 2.01. The molecule has 1 aliphatic rings. The zero-order chi connectivity index (χ0) is 13.2. The molecule has 1 fully saturated rings. The van der Waals surface area contributed by atoms with Crippen molar-refractivity contribution in [3.63, 3.8) is 0 Å². The fourth-order valence-corrected chi connectivity index (χ4v) is 2.48. The molecule has 0 spiro atoms. The van der Waals surface area contributed by atoms with Crippen molar-refractivity contribution in [2.45, 2.75) is 32.1 Å². The molecule has 6 nitrogen and oxygen atoms in total. The summed E-state index contributed by atoms with van der Waals surface area (Å²) in [6.07, 6.45) is 3.19. The summed E-state index contributed by atoms with van der Waals surface area (Å²) in [5.41, 5.74) is 1.93. The van der Waals surface area contributed by atoms with E-state index in [4.69, 9.17) is 4.52 Å². The van der Waals surface area contributed by atoms with Crippen molar-refractivity contribution in [1.82, 2.24) is 25.2 Å². The summed E-state index contributed by atoms with van der Waals surface area (Å²) in [5.74, 6) is 1.74. The smallest absolute Gasteiger partial charge is 0.276 e. The quantitative estimate of drug-likeness (QED) is 0.906. The van der Waals surface area contributed by atoms with Crippen LogP contribution in [0.3, 0.4) is 0 Å². The maximum Gasteiger partial charge on any atom is 0.276 e. The topological polar surface area (TPSA) is 68.8 Å². The second-order valence-corrected chi connectivity index (χ2v) is 5.00. The van der Waals surface area contributed by atoms with Crippen LogP contribution in [0.1, 0.15) is 37.2 Å². The van der Waals surface area contributed by atoms with Gasteiger partial charge in [-0.15, -0.1) is 0 Å². The number of hydrogen-bond donors (Lipinski definition) is 1. The van der Waals surface area contributed by atoms with Crippen molar-refractivity contribution in [1.29, 1.82) is 0 Å². The van der Waals surface area contributed by atoms with Crippen LogP contribution in [0.15, 0.2) is 10.6 Å². The molecule has 3 heterocycles. The number of piperidine rings is 1. The molecule has 0 bridgehead atoms. The summed E-state index contributed by atoms with van der Waals surface area (Å²) >= 11 is 0. The molecule has 0 saturated carbocycles. The molecule has 19 heavy (non-hydrogen) atoms. The van der Waals surface area contributed by atoms with E-state index in [1.54, 1.807) is 4.68 Å². The van der Waals surface area contributed by atoms with Crippen LogP contribution in [0.4, 0.5) is 0 Å². The van der Waals surface area contributed by atoms with Gasteiger partial charge in [-0.1, -0.05) is 12.1 Å². The molecule has 102 valence electrons. The maximum absolute atomic E-state index is 5.39. The molecule has 2 aromatic heterocycles. The first-order valence-corrected chi connectivity index (χ1v) is 6.85. The molecular weight excluding hydrogens is 242 g/mol. The largest absolute Gasteiger partial charge is 0.332 e. The van der Waals surface area contributed by atoms with Gasteiger partial charge in [0.05, 0.1) is 5.69 Å². The van der Waals surface area contributed by atoms with Crippen molar-refractivity contribution in [2.75, 3.05) is 13.1 Å². The molecule has 1 saturated heterocycles. The first kappa shape index (κ1) is 12.3. The van der Waals surface area contributed by atoms with E-state index in [1.165, 1.54) is 6.42 Å². The van der Waals surface area contributed by atoms with Gasteiger partial charge < -0.3 is 9.84 Å². The van der Waals surface area contributed by atoms with Gasteiger partial charge in [-0.05, 0) is 31.9 Å². The molecule has 1 aliphatic heterocycles. The summed E-state index contributed by atoms with van der Waals surface area (Å²) in [4.78, 5) is 4.53. The van der Waals surface area contributed by atoms with Crippen LogP contribution in [0.2, 0.25) is 0 Å². The predicted octanol–water partition coefficient (Wildman–Crippen LogP) is 1.50. The van der Waals surface area contributed by atoms with Crippen molar-refractivity contribution in [3.8, 4) is 11.6 Å². The second-order valence-electron chi connectivity index (χ2n) is 5.00. The lowest BCUT2D eigenvalue weighted by molar-refractivity contribution is 0.391. The van der Waals surface area contributed by atoms with Crippen LogP contribution in [-0.2, 0) is 13.5 Å². The summed E-state index contributed by atoms with van der Waals surface area (Å²) < 4.78 is 7.19. The van der Waals surface area contributed by atoms with Gasteiger partial charge in [-0.2, -0.15) is 10.1 Å². The molecule has 0 aromatic carbocycles. The Kier molecular flexibility index (Phi) is 3.33. The molecule has 0 aliphatic carbocycles. The first-order valence-electron chi connectivity index (χ1n) is 6.85. The minimum Gasteiger partial charge on any atom is -0.332 e. The number of nitrogens with zero attached hydrogens (tertiary/aromatic N) is 4. The average Bonchev–Trinajstić information content (AvgIpc) is 3.06. The molecule has 2 aromatic rings. The SMILES string of the molecule is CCc1cc(-c2nc(C3CCCNC3)no2)n(C)n1. The Bertz CT molecular complexity index is 553. The lowest BCUT2D eigenvalue weighted by Gasteiger charge is -2.19. The molecule has 0 radical (unpaired) electrons. The van der Waals surface area contributed by atoms with E-state index >= 15 is 0 Å². The number of nitrogens with one attached hydrogen (secondary N) is 1. The lowest BCUT2D eigenvalue weighted by Crippen LogP contribution is -2.28. The highest BCUT2D eigenvalue weighted by molar-refractivity contribution is 5.47. The predicted molar refractivity (Wildman–Crippen MR) is 70.7 cm³/mol. The summed E-state index contributed by atoms with van der Waals surface area (Å²) in [5, 5.41) is 11.9. The highest BCUT2D eigenvalue weighted by atomic mass is 16.5. The monoisotopic (exact) mass is 261 g/mol. The summed E-state index contributed by atoms with van der Waals surface area (Å²) in [6.45, 7) is 4.10. The highest BCUT2D eigenvalue weighted by Crippen LogP contribution is 2.24. The summed E-state index contributed by atoms with van der Waals surface area (Å²) in [7, 11) is 1.90. The van der Waals surface area contributed by atoms with Crippen LogP contribution >= 0.6 is 0 Å². The Morgan fingerprint density at radius 1 is 1.53 bits per heavy atom. The van der Waals surface area contributed by atoms with Crippen molar-refractivity contribution >= 4 is 0 Å². The lowest BCUT2D eigenvalue weighted by atomic mass is 9.99. The van der Waals surface area contributed by atoms with Gasteiger partial charge in [0.15, 0.2) is 5.82 Å². The standard InChI is InChI=1S/C13H19N5O/c1-3-10-7-11(18(2)16-10)13-15-12(17-19-13)9-5-4-6-14-8-9/h7,9,14H,3-6,8H2,1-2H3. The minimum atomic E-state index is 0.366. The van der Waals surface area contributed by atoms with E-state index in [0.29, 0.717) is 11.8 Å². The van der Waals surface area contributed by atoms with Gasteiger partial charge in [0.1, 0.15) is 5.69 Å². The second kappa shape index (κ2) is 5.13. The Hall–Kier alpha value is -1.69. The fraction of sp³-hybridized carbons (Fsp3) is 0.615. The van der Waals surface area contributed by atoms with Gasteiger partial charge >= 0.3 is 0 Å². The third-order valence-electron chi connectivity index (χ3n) is 3.62. The minimum absolute atomic E-state index is 0.366. The van der Waals surface area contributed by atoms with E-state index in [9.17, 15) is 0 Å². The fourth-order valence-electron chi connectivity index (χ4n) is 2.48. The van der Waals surface area contributed by atoms with E-state index in [1.807, 2.05) is 13.1 Å². The van der Waals surface area contributed by atoms with Crippen LogP contribution in [0, 0.1) is 0 Å². The van der Waals surface area contributed by atoms with Crippen molar-refractivity contribution in [2.24, 2.45) is 7.05 Å². The van der Waals surface area contributed by atoms with E-state index in [0.717, 1.165) is 43.1 Å². The Morgan fingerprint density at radius 3 is 3.11 bits per heavy atom. The molecule has 0 amide bonds. The third-order valence-corrected chi connectivity index (χ3v) is 3.62.